The Labute approximate surface area is 215 Å². The quantitative estimate of drug-likeness (QED) is 0.269. The zero-order valence-electron chi connectivity index (χ0n) is 20.5. The second kappa shape index (κ2) is 9.49. The van der Waals surface area contributed by atoms with Crippen molar-refractivity contribution in [2.45, 2.75) is 30.7 Å². The van der Waals surface area contributed by atoms with Crippen molar-refractivity contribution in [3.05, 3.63) is 65.2 Å². The Hall–Kier alpha value is -3.39. The number of ketones is 2. The van der Waals surface area contributed by atoms with Gasteiger partial charge in [-0.05, 0) is 44.0 Å². The molecule has 37 heavy (non-hydrogen) atoms. The van der Waals surface area contributed by atoms with Crippen LogP contribution in [0.2, 0.25) is 0 Å². The first-order chi connectivity index (χ1) is 17.3. The van der Waals surface area contributed by atoms with Crippen LogP contribution in [0.1, 0.15) is 36.2 Å². The number of carbonyl (C=O) groups excluding carboxylic acids is 2. The molecule has 13 heteroatoms. The molecule has 0 spiro atoms. The molecule has 0 saturated carbocycles. The van der Waals surface area contributed by atoms with E-state index in [1.54, 1.807) is 24.3 Å². The van der Waals surface area contributed by atoms with Gasteiger partial charge in [0.2, 0.25) is 10.0 Å². The summed E-state index contributed by atoms with van der Waals surface area (Å²) in [5.41, 5.74) is 2.94. The summed E-state index contributed by atoms with van der Waals surface area (Å²) in [5.74, 6) is -3.15. The van der Waals surface area contributed by atoms with E-state index in [0.29, 0.717) is 5.56 Å². The first kappa shape index (κ1) is 26.7. The van der Waals surface area contributed by atoms with E-state index in [1.165, 1.54) is 19.2 Å². The number of nitrogens with one attached hydrogen (secondary N) is 3. The molecule has 0 radical (unpaired) electrons. The summed E-state index contributed by atoms with van der Waals surface area (Å²) in [7, 11) is -6.70. The highest BCUT2D eigenvalue weighted by Crippen LogP contribution is 2.41. The number of Topliss-reactive ketones (excluding diaryl/α,β-unsaturated/α-hetero) is 2. The number of hydrogen-bond acceptors (Lipinski definition) is 9. The topological polar surface area (TPSA) is 160 Å². The third-order valence-corrected chi connectivity index (χ3v) is 7.94. The van der Waals surface area contributed by atoms with Crippen molar-refractivity contribution in [2.75, 3.05) is 23.4 Å². The molecule has 1 heterocycles. The van der Waals surface area contributed by atoms with E-state index in [1.807, 2.05) is 19.9 Å². The predicted molar refractivity (Wildman–Crippen MR) is 138 cm³/mol. The van der Waals surface area contributed by atoms with Gasteiger partial charge in [0.25, 0.3) is 10.0 Å². The van der Waals surface area contributed by atoms with Crippen molar-refractivity contribution in [1.29, 1.82) is 0 Å². The monoisotopic (exact) mass is 546 g/mol. The van der Waals surface area contributed by atoms with Gasteiger partial charge in [-0.2, -0.15) is 13.9 Å². The Morgan fingerprint density at radius 2 is 1.89 bits per heavy atom. The van der Waals surface area contributed by atoms with E-state index in [4.69, 9.17) is 4.84 Å². The van der Waals surface area contributed by atoms with Gasteiger partial charge in [0.05, 0.1) is 19.1 Å². The number of hydrogen-bond donors (Lipinski definition) is 3. The molecule has 1 aliphatic heterocycles. The van der Waals surface area contributed by atoms with Crippen LogP contribution in [0.3, 0.4) is 0 Å². The zero-order chi connectivity index (χ0) is 27.2. The largest absolute Gasteiger partial charge is 0.341 e. The van der Waals surface area contributed by atoms with Crippen LogP contribution in [-0.2, 0) is 35.2 Å². The van der Waals surface area contributed by atoms with Gasteiger partial charge in [-0.15, -0.1) is 4.40 Å². The molecule has 3 N–H and O–H groups in total. The minimum absolute atomic E-state index is 0.0223. The zero-order valence-corrected chi connectivity index (χ0v) is 22.2. The number of allylic oxidation sites excluding steroid dienone is 1. The van der Waals surface area contributed by atoms with Gasteiger partial charge in [-0.1, -0.05) is 35.9 Å². The molecule has 2 aliphatic rings. The number of sulfonamides is 2. The standard InChI is InChI=1S/C24H26N4O7S2/c1-14(2)11-12-24(28-35-3)17-8-6-5-7-16(17)21(29)20(22(24)30)23-25-18-10-9-15(26-36(4,31)32)13-19(18)37(33,34)27-23/h5-11,13,20,26,28H,12H2,1-4H3,(H,25,27). The fourth-order valence-corrected chi connectivity index (χ4v) is 6.18. The third kappa shape index (κ3) is 4.94. The third-order valence-electron chi connectivity index (χ3n) is 6.01. The molecule has 2 aromatic rings. The lowest BCUT2D eigenvalue weighted by atomic mass is 9.68. The Morgan fingerprint density at radius 1 is 1.19 bits per heavy atom. The molecule has 11 nitrogen and oxygen atoms in total. The van der Waals surface area contributed by atoms with E-state index in [0.717, 1.165) is 17.9 Å². The SMILES string of the molecule is CONC1(CC=C(C)C)C(=O)C(C2=NS(=O)(=O)c3cc(NS(C)(=O)=O)ccc3N2)C(=O)c2ccccc21. The lowest BCUT2D eigenvalue weighted by Crippen LogP contribution is -2.58. The lowest BCUT2D eigenvalue weighted by molar-refractivity contribution is -0.133. The number of carbonyl (C=O) groups is 2. The molecule has 2 atom stereocenters. The normalized spacial score (nSPS) is 22.3. The summed E-state index contributed by atoms with van der Waals surface area (Å²) >= 11 is 0. The maximum Gasteiger partial charge on any atom is 0.286 e. The average Bonchev–Trinajstić information content (AvgIpc) is 2.80. The molecule has 0 bridgehead atoms. The summed E-state index contributed by atoms with van der Waals surface area (Å²) in [4.78, 5) is 32.6. The van der Waals surface area contributed by atoms with Gasteiger partial charge in [0.1, 0.15) is 22.2 Å². The van der Waals surface area contributed by atoms with E-state index in [2.05, 4.69) is 19.9 Å². The van der Waals surface area contributed by atoms with Crippen LogP contribution in [0.25, 0.3) is 0 Å². The maximum absolute atomic E-state index is 14.1. The molecular weight excluding hydrogens is 520 g/mol. The molecule has 0 aromatic heterocycles. The Kier molecular flexibility index (Phi) is 6.84. The smallest absolute Gasteiger partial charge is 0.286 e. The Balaban J connectivity index is 1.85. The summed E-state index contributed by atoms with van der Waals surface area (Å²) in [6.07, 6.45) is 2.90. The number of rotatable bonds is 7. The lowest BCUT2D eigenvalue weighted by Gasteiger charge is -2.40. The summed E-state index contributed by atoms with van der Waals surface area (Å²) in [5, 5.41) is 2.82. The van der Waals surface area contributed by atoms with Gasteiger partial charge in [0, 0.05) is 11.3 Å². The van der Waals surface area contributed by atoms with Gasteiger partial charge in [-0.25, -0.2) is 8.42 Å². The minimum Gasteiger partial charge on any atom is -0.341 e. The first-order valence-corrected chi connectivity index (χ1v) is 14.5. The minimum atomic E-state index is -4.40. The van der Waals surface area contributed by atoms with Crippen molar-refractivity contribution in [3.8, 4) is 0 Å². The second-order valence-corrected chi connectivity index (χ2v) is 12.4. The number of hydroxylamine groups is 1. The van der Waals surface area contributed by atoms with Crippen LogP contribution in [-0.4, -0.2) is 47.6 Å². The molecule has 1 aliphatic carbocycles. The fourth-order valence-electron chi connectivity index (χ4n) is 4.44. The Morgan fingerprint density at radius 3 is 2.54 bits per heavy atom. The number of amidine groups is 1. The molecule has 196 valence electrons. The highest BCUT2D eigenvalue weighted by molar-refractivity contribution is 7.92. The molecule has 2 unspecified atom stereocenters. The van der Waals surface area contributed by atoms with Gasteiger partial charge in [-0.3, -0.25) is 14.3 Å². The van der Waals surface area contributed by atoms with Crippen LogP contribution in [0.15, 0.2) is 63.4 Å². The van der Waals surface area contributed by atoms with Crippen LogP contribution in [0.5, 0.6) is 0 Å². The predicted octanol–water partition coefficient (Wildman–Crippen LogP) is 2.36. The summed E-state index contributed by atoms with van der Waals surface area (Å²) < 4.78 is 55.4. The van der Waals surface area contributed by atoms with E-state index >= 15 is 0 Å². The van der Waals surface area contributed by atoms with Crippen molar-refractivity contribution in [1.82, 2.24) is 5.48 Å². The summed E-state index contributed by atoms with van der Waals surface area (Å²) in [6.45, 7) is 3.73. The number of benzene rings is 2. The van der Waals surface area contributed by atoms with Gasteiger partial charge >= 0.3 is 0 Å². The molecule has 4 rings (SSSR count). The van der Waals surface area contributed by atoms with Crippen molar-refractivity contribution < 1.29 is 31.3 Å². The molecule has 2 aromatic carbocycles. The van der Waals surface area contributed by atoms with E-state index < -0.39 is 43.1 Å². The van der Waals surface area contributed by atoms with Crippen LogP contribution in [0, 0.1) is 5.92 Å². The van der Waals surface area contributed by atoms with E-state index in [9.17, 15) is 26.4 Å². The van der Waals surface area contributed by atoms with Crippen LogP contribution in [0.4, 0.5) is 11.4 Å². The maximum atomic E-state index is 14.1. The second-order valence-electron chi connectivity index (χ2n) is 9.07. The van der Waals surface area contributed by atoms with E-state index in [-0.39, 0.29) is 34.1 Å². The van der Waals surface area contributed by atoms with Crippen molar-refractivity contribution in [2.24, 2.45) is 10.3 Å². The first-order valence-electron chi connectivity index (χ1n) is 11.1. The number of anilines is 2. The molecule has 0 saturated heterocycles. The molecule has 0 amide bonds. The fraction of sp³-hybridized carbons (Fsp3) is 0.292. The van der Waals surface area contributed by atoms with Gasteiger partial charge in [0.15, 0.2) is 11.6 Å². The van der Waals surface area contributed by atoms with Crippen molar-refractivity contribution >= 4 is 48.8 Å². The average molecular weight is 547 g/mol. The molecule has 0 fully saturated rings. The van der Waals surface area contributed by atoms with Crippen molar-refractivity contribution in [3.63, 3.8) is 0 Å². The number of nitrogens with zero attached hydrogens (tertiary/aromatic N) is 1. The summed E-state index contributed by atoms with van der Waals surface area (Å²) in [6, 6.07) is 10.4. The number of fused-ring (bicyclic) bond motifs is 2. The van der Waals surface area contributed by atoms with Crippen LogP contribution >= 0.6 is 0 Å². The highest BCUT2D eigenvalue weighted by Gasteiger charge is 2.54. The Bertz CT molecular complexity index is 1580. The highest BCUT2D eigenvalue weighted by atomic mass is 32.2. The van der Waals surface area contributed by atoms with Crippen LogP contribution < -0.4 is 15.5 Å². The van der Waals surface area contributed by atoms with Gasteiger partial charge < -0.3 is 10.2 Å². The molecular formula is C24H26N4O7S2.